The van der Waals surface area contributed by atoms with Crippen LogP contribution < -0.4 is 10.6 Å². The highest BCUT2D eigenvalue weighted by Gasteiger charge is 2.33. The molecule has 2 heterocycles. The largest absolute Gasteiger partial charge is 0.349 e. The van der Waals surface area contributed by atoms with Gasteiger partial charge in [0, 0.05) is 43.5 Å². The van der Waals surface area contributed by atoms with Crippen LogP contribution in [0.2, 0.25) is 0 Å². The average Bonchev–Trinajstić information content (AvgIpc) is 2.84. The van der Waals surface area contributed by atoms with Crippen molar-refractivity contribution in [3.8, 4) is 0 Å². The number of hydrogen-bond acceptors (Lipinski definition) is 3. The van der Waals surface area contributed by atoms with E-state index in [0.29, 0.717) is 31.7 Å². The van der Waals surface area contributed by atoms with Crippen LogP contribution in [-0.2, 0) is 4.79 Å². The van der Waals surface area contributed by atoms with Crippen LogP contribution in [0.5, 0.6) is 0 Å². The zero-order valence-corrected chi connectivity index (χ0v) is 20.0. The number of anilines is 1. The van der Waals surface area contributed by atoms with Crippen LogP contribution in [0, 0.1) is 19.8 Å². The number of urea groups is 1. The molecule has 7 heteroatoms. The van der Waals surface area contributed by atoms with Gasteiger partial charge in [0.1, 0.15) is 0 Å². The van der Waals surface area contributed by atoms with Crippen LogP contribution in [-0.4, -0.2) is 59.9 Å². The number of nitrogens with one attached hydrogen (secondary N) is 2. The van der Waals surface area contributed by atoms with E-state index in [-0.39, 0.29) is 29.8 Å². The summed E-state index contributed by atoms with van der Waals surface area (Å²) in [5.41, 5.74) is 3.52. The van der Waals surface area contributed by atoms with Crippen LogP contribution in [0.1, 0.15) is 47.2 Å². The molecule has 0 radical (unpaired) electrons. The SMILES string of the molecule is Cc1cccc(NC(=O)N2CCCC(C(=O)N3CCC(NC(=O)c4ccccc4C)CC3)C2)c1. The van der Waals surface area contributed by atoms with E-state index >= 15 is 0 Å². The fraction of sp³-hybridized carbons (Fsp3) is 0.444. The van der Waals surface area contributed by atoms with E-state index in [0.717, 1.165) is 42.5 Å². The van der Waals surface area contributed by atoms with Gasteiger partial charge in [-0.3, -0.25) is 9.59 Å². The second-order valence-electron chi connectivity index (χ2n) is 9.47. The number of amides is 4. The Morgan fingerprint density at radius 2 is 1.65 bits per heavy atom. The summed E-state index contributed by atoms with van der Waals surface area (Å²) in [4.78, 5) is 42.2. The number of benzene rings is 2. The smallest absolute Gasteiger partial charge is 0.321 e. The normalized spacial score (nSPS) is 18.9. The van der Waals surface area contributed by atoms with Crippen LogP contribution in [0.15, 0.2) is 48.5 Å². The third-order valence-electron chi connectivity index (χ3n) is 6.86. The van der Waals surface area contributed by atoms with Crippen LogP contribution in [0.3, 0.4) is 0 Å². The highest BCUT2D eigenvalue weighted by Crippen LogP contribution is 2.23. The molecule has 0 spiro atoms. The third kappa shape index (κ3) is 5.76. The minimum absolute atomic E-state index is 0.0505. The maximum absolute atomic E-state index is 13.2. The molecule has 0 bridgehead atoms. The summed E-state index contributed by atoms with van der Waals surface area (Å²) in [5.74, 6) is -0.0997. The third-order valence-corrected chi connectivity index (χ3v) is 6.86. The van der Waals surface area contributed by atoms with E-state index in [1.165, 1.54) is 0 Å². The van der Waals surface area contributed by atoms with Crippen molar-refractivity contribution in [1.82, 2.24) is 15.1 Å². The molecule has 0 aliphatic carbocycles. The monoisotopic (exact) mass is 462 g/mol. The quantitative estimate of drug-likeness (QED) is 0.721. The molecule has 4 rings (SSSR count). The fourth-order valence-electron chi connectivity index (χ4n) is 4.88. The predicted molar refractivity (Wildman–Crippen MR) is 133 cm³/mol. The van der Waals surface area contributed by atoms with E-state index in [1.54, 1.807) is 4.90 Å². The first kappa shape index (κ1) is 23.8. The molecule has 2 aliphatic rings. The minimum Gasteiger partial charge on any atom is -0.349 e. The van der Waals surface area contributed by atoms with Gasteiger partial charge in [0.15, 0.2) is 0 Å². The van der Waals surface area contributed by atoms with Crippen LogP contribution in [0.4, 0.5) is 10.5 Å². The maximum Gasteiger partial charge on any atom is 0.321 e. The molecule has 2 aromatic carbocycles. The van der Waals surface area contributed by atoms with Crippen molar-refractivity contribution in [1.29, 1.82) is 0 Å². The number of carbonyl (C=O) groups excluding carboxylic acids is 3. The lowest BCUT2D eigenvalue weighted by Gasteiger charge is -2.38. The summed E-state index contributed by atoms with van der Waals surface area (Å²) in [6, 6.07) is 15.2. The molecule has 2 saturated heterocycles. The van der Waals surface area contributed by atoms with Gasteiger partial charge in [-0.2, -0.15) is 0 Å². The summed E-state index contributed by atoms with van der Waals surface area (Å²) >= 11 is 0. The Hall–Kier alpha value is -3.35. The number of carbonyl (C=O) groups is 3. The number of hydrogen-bond donors (Lipinski definition) is 2. The Kier molecular flexibility index (Phi) is 7.50. The standard InChI is InChI=1S/C27H34N4O3/c1-19-7-5-10-23(17-19)29-27(34)31-14-6-9-21(18-31)26(33)30-15-12-22(13-16-30)28-25(32)24-11-4-3-8-20(24)2/h3-5,7-8,10-11,17,21-22H,6,9,12-16,18H2,1-2H3,(H,28,32)(H,29,34). The van der Waals surface area contributed by atoms with Gasteiger partial charge in [0.25, 0.3) is 5.91 Å². The van der Waals surface area contributed by atoms with Crippen molar-refractivity contribution < 1.29 is 14.4 Å². The molecular formula is C27H34N4O3. The molecule has 1 unspecified atom stereocenters. The van der Waals surface area contributed by atoms with Gasteiger partial charge in [-0.25, -0.2) is 4.79 Å². The van der Waals surface area contributed by atoms with Gasteiger partial charge in [-0.1, -0.05) is 30.3 Å². The molecule has 2 aliphatic heterocycles. The zero-order valence-electron chi connectivity index (χ0n) is 20.0. The lowest BCUT2D eigenvalue weighted by Crippen LogP contribution is -2.51. The highest BCUT2D eigenvalue weighted by molar-refractivity contribution is 5.95. The molecule has 1 atom stereocenters. The number of rotatable bonds is 4. The molecule has 7 nitrogen and oxygen atoms in total. The first-order valence-corrected chi connectivity index (χ1v) is 12.2. The second kappa shape index (κ2) is 10.7. The Bertz CT molecular complexity index is 1050. The lowest BCUT2D eigenvalue weighted by atomic mass is 9.95. The molecule has 34 heavy (non-hydrogen) atoms. The summed E-state index contributed by atoms with van der Waals surface area (Å²) < 4.78 is 0. The number of aryl methyl sites for hydroxylation is 2. The number of nitrogens with zero attached hydrogens (tertiary/aromatic N) is 2. The molecule has 2 N–H and O–H groups in total. The topological polar surface area (TPSA) is 81.8 Å². The number of piperidine rings is 2. The Morgan fingerprint density at radius 3 is 2.38 bits per heavy atom. The summed E-state index contributed by atoms with van der Waals surface area (Å²) in [7, 11) is 0. The van der Waals surface area contributed by atoms with Crippen LogP contribution in [0.25, 0.3) is 0 Å². The molecule has 2 aromatic rings. The molecule has 2 fully saturated rings. The number of likely N-dealkylation sites (tertiary alicyclic amines) is 2. The van der Waals surface area contributed by atoms with E-state index in [4.69, 9.17) is 0 Å². The average molecular weight is 463 g/mol. The van der Waals surface area contributed by atoms with E-state index in [9.17, 15) is 14.4 Å². The van der Waals surface area contributed by atoms with Crippen molar-refractivity contribution in [3.05, 3.63) is 65.2 Å². The zero-order chi connectivity index (χ0) is 24.1. The Labute approximate surface area is 201 Å². The minimum atomic E-state index is -0.171. The summed E-state index contributed by atoms with van der Waals surface area (Å²) in [6.45, 7) is 6.29. The van der Waals surface area contributed by atoms with Gasteiger partial charge >= 0.3 is 6.03 Å². The van der Waals surface area contributed by atoms with E-state index in [2.05, 4.69) is 10.6 Å². The first-order chi connectivity index (χ1) is 16.4. The van der Waals surface area contributed by atoms with Crippen molar-refractivity contribution in [2.75, 3.05) is 31.5 Å². The summed E-state index contributed by atoms with van der Waals surface area (Å²) in [5, 5.41) is 6.08. The van der Waals surface area contributed by atoms with Crippen molar-refractivity contribution >= 4 is 23.5 Å². The Balaban J connectivity index is 1.27. The molecule has 180 valence electrons. The van der Waals surface area contributed by atoms with Crippen molar-refractivity contribution in [3.63, 3.8) is 0 Å². The molecular weight excluding hydrogens is 428 g/mol. The van der Waals surface area contributed by atoms with E-state index in [1.807, 2.05) is 67.3 Å². The molecule has 0 aromatic heterocycles. The molecule has 0 saturated carbocycles. The summed E-state index contributed by atoms with van der Waals surface area (Å²) in [6.07, 6.45) is 3.11. The maximum atomic E-state index is 13.2. The second-order valence-corrected chi connectivity index (χ2v) is 9.47. The van der Waals surface area contributed by atoms with E-state index < -0.39 is 0 Å². The lowest BCUT2D eigenvalue weighted by molar-refractivity contribution is -0.138. The van der Waals surface area contributed by atoms with Gasteiger partial charge < -0.3 is 20.4 Å². The Morgan fingerprint density at radius 1 is 0.882 bits per heavy atom. The van der Waals surface area contributed by atoms with Gasteiger partial charge in [-0.05, 0) is 68.9 Å². The van der Waals surface area contributed by atoms with Gasteiger partial charge in [-0.15, -0.1) is 0 Å². The fourth-order valence-corrected chi connectivity index (χ4v) is 4.88. The highest BCUT2D eigenvalue weighted by atomic mass is 16.2. The van der Waals surface area contributed by atoms with Gasteiger partial charge in [0.2, 0.25) is 5.91 Å². The molecule has 4 amide bonds. The van der Waals surface area contributed by atoms with Crippen molar-refractivity contribution in [2.24, 2.45) is 5.92 Å². The first-order valence-electron chi connectivity index (χ1n) is 12.2. The van der Waals surface area contributed by atoms with Crippen LogP contribution >= 0.6 is 0 Å². The van der Waals surface area contributed by atoms with Gasteiger partial charge in [0.05, 0.1) is 5.92 Å². The van der Waals surface area contributed by atoms with Crippen molar-refractivity contribution in [2.45, 2.75) is 45.6 Å². The predicted octanol–water partition coefficient (Wildman–Crippen LogP) is 3.97.